The van der Waals surface area contributed by atoms with E-state index in [1.165, 1.54) is 0 Å². The molecule has 7 heteroatoms. The Balaban J connectivity index is 0.00000162. The molecule has 104 valence electrons. The average Bonchev–Trinajstić information content (AvgIpc) is 2.65. The molecule has 2 heterocycles. The lowest BCUT2D eigenvalue weighted by atomic mass is 10.1. The largest absolute Gasteiger partial charge is 0.425 e. The SMILES string of the molecule is Cl.N[C@@H]1CCCN(Cc2ccc(C(F)(F)F)s2)C1. The van der Waals surface area contributed by atoms with Crippen LogP contribution < -0.4 is 5.73 Å². The van der Waals surface area contributed by atoms with E-state index in [-0.39, 0.29) is 18.4 Å². The molecule has 1 aromatic rings. The molecule has 1 aromatic heterocycles. The molecule has 0 amide bonds. The summed E-state index contributed by atoms with van der Waals surface area (Å²) in [6, 6.07) is 2.88. The molecule has 0 saturated carbocycles. The van der Waals surface area contributed by atoms with Crippen molar-refractivity contribution in [3.63, 3.8) is 0 Å². The number of nitrogens with two attached hydrogens (primary N) is 1. The second kappa shape index (κ2) is 6.23. The summed E-state index contributed by atoms with van der Waals surface area (Å²) < 4.78 is 37.3. The van der Waals surface area contributed by atoms with E-state index in [0.717, 1.165) is 48.2 Å². The van der Waals surface area contributed by atoms with E-state index >= 15 is 0 Å². The Hall–Kier alpha value is -0.300. The highest BCUT2D eigenvalue weighted by molar-refractivity contribution is 7.12. The number of hydrogen-bond acceptors (Lipinski definition) is 3. The van der Waals surface area contributed by atoms with Crippen molar-refractivity contribution in [3.05, 3.63) is 21.9 Å². The second-order valence-corrected chi connectivity index (χ2v) is 5.57. The standard InChI is InChI=1S/C11H15F3N2S.ClH/c12-11(13,14)10-4-3-9(17-10)7-16-5-1-2-8(15)6-16;/h3-4,8H,1-2,5-7,15H2;1H/t8-;/m1./s1. The summed E-state index contributed by atoms with van der Waals surface area (Å²) >= 11 is 0.827. The highest BCUT2D eigenvalue weighted by atomic mass is 35.5. The molecule has 0 radical (unpaired) electrons. The van der Waals surface area contributed by atoms with Crippen LogP contribution in [-0.4, -0.2) is 24.0 Å². The number of likely N-dealkylation sites (tertiary alicyclic amines) is 1. The molecule has 2 nitrogen and oxygen atoms in total. The molecule has 1 aliphatic rings. The maximum atomic E-state index is 12.4. The summed E-state index contributed by atoms with van der Waals surface area (Å²) in [7, 11) is 0. The summed E-state index contributed by atoms with van der Waals surface area (Å²) in [5.41, 5.74) is 5.83. The smallest absolute Gasteiger partial charge is 0.327 e. The molecule has 0 aliphatic carbocycles. The Kier molecular flexibility index (Phi) is 5.46. The zero-order valence-electron chi connectivity index (χ0n) is 9.74. The quantitative estimate of drug-likeness (QED) is 0.909. The molecule has 0 spiro atoms. The maximum Gasteiger partial charge on any atom is 0.425 e. The van der Waals surface area contributed by atoms with Crippen molar-refractivity contribution in [2.75, 3.05) is 13.1 Å². The molecular weight excluding hydrogens is 285 g/mol. The third-order valence-corrected chi connectivity index (χ3v) is 3.98. The van der Waals surface area contributed by atoms with Gasteiger partial charge in [0.15, 0.2) is 0 Å². The molecule has 0 bridgehead atoms. The molecule has 0 aromatic carbocycles. The van der Waals surface area contributed by atoms with Crippen LogP contribution in [0.15, 0.2) is 12.1 Å². The highest BCUT2D eigenvalue weighted by Gasteiger charge is 2.32. The van der Waals surface area contributed by atoms with E-state index in [4.69, 9.17) is 5.73 Å². The van der Waals surface area contributed by atoms with Gasteiger partial charge in [-0.05, 0) is 31.5 Å². The molecule has 0 unspecified atom stereocenters. The molecule has 1 fully saturated rings. The van der Waals surface area contributed by atoms with Crippen molar-refractivity contribution in [2.24, 2.45) is 5.73 Å². The van der Waals surface area contributed by atoms with Gasteiger partial charge in [-0.2, -0.15) is 13.2 Å². The topological polar surface area (TPSA) is 29.3 Å². The molecule has 1 saturated heterocycles. The highest BCUT2D eigenvalue weighted by Crippen LogP contribution is 2.35. The fourth-order valence-electron chi connectivity index (χ4n) is 2.07. The van der Waals surface area contributed by atoms with E-state index in [1.807, 2.05) is 0 Å². The van der Waals surface area contributed by atoms with Crippen molar-refractivity contribution >= 4 is 23.7 Å². The van der Waals surface area contributed by atoms with Gasteiger partial charge < -0.3 is 5.73 Å². The third kappa shape index (κ3) is 4.12. The third-order valence-electron chi connectivity index (χ3n) is 2.86. The summed E-state index contributed by atoms with van der Waals surface area (Å²) in [5, 5.41) is 0. The van der Waals surface area contributed by atoms with Gasteiger partial charge in [0.2, 0.25) is 0 Å². The first-order chi connectivity index (χ1) is 7.95. The fourth-order valence-corrected chi connectivity index (χ4v) is 2.99. The summed E-state index contributed by atoms with van der Waals surface area (Å²) in [4.78, 5) is 2.36. The predicted octanol–water partition coefficient (Wildman–Crippen LogP) is 3.11. The van der Waals surface area contributed by atoms with Crippen LogP contribution in [0.4, 0.5) is 13.2 Å². The first-order valence-electron chi connectivity index (χ1n) is 5.59. The Morgan fingerprint density at radius 1 is 1.39 bits per heavy atom. The minimum Gasteiger partial charge on any atom is -0.327 e. The van der Waals surface area contributed by atoms with Crippen molar-refractivity contribution in [3.8, 4) is 0 Å². The van der Waals surface area contributed by atoms with Crippen molar-refractivity contribution < 1.29 is 13.2 Å². The van der Waals surface area contributed by atoms with E-state index in [1.54, 1.807) is 6.07 Å². The fraction of sp³-hybridized carbons (Fsp3) is 0.636. The van der Waals surface area contributed by atoms with E-state index in [0.29, 0.717) is 6.54 Å². The first-order valence-corrected chi connectivity index (χ1v) is 6.40. The maximum absolute atomic E-state index is 12.4. The van der Waals surface area contributed by atoms with Gasteiger partial charge in [0.1, 0.15) is 4.88 Å². The zero-order valence-corrected chi connectivity index (χ0v) is 11.4. The lowest BCUT2D eigenvalue weighted by molar-refractivity contribution is -0.134. The van der Waals surface area contributed by atoms with Gasteiger partial charge in [-0.15, -0.1) is 23.7 Å². The van der Waals surface area contributed by atoms with Crippen LogP contribution in [0.2, 0.25) is 0 Å². The van der Waals surface area contributed by atoms with Crippen LogP contribution in [0.25, 0.3) is 0 Å². The minimum atomic E-state index is -4.22. The second-order valence-electron chi connectivity index (χ2n) is 4.40. The van der Waals surface area contributed by atoms with E-state index in [9.17, 15) is 13.2 Å². The van der Waals surface area contributed by atoms with E-state index in [2.05, 4.69) is 4.90 Å². The summed E-state index contributed by atoms with van der Waals surface area (Å²) in [6.07, 6.45) is -2.19. The molecule has 2 N–H and O–H groups in total. The molecule has 2 rings (SSSR count). The lowest BCUT2D eigenvalue weighted by Gasteiger charge is -2.30. The Labute approximate surface area is 114 Å². The van der Waals surface area contributed by atoms with Gasteiger partial charge in [0.25, 0.3) is 0 Å². The molecule has 1 atom stereocenters. The summed E-state index contributed by atoms with van der Waals surface area (Å²) in [5.74, 6) is 0. The van der Waals surface area contributed by atoms with Gasteiger partial charge in [0.05, 0.1) is 0 Å². The van der Waals surface area contributed by atoms with Crippen LogP contribution in [0.5, 0.6) is 0 Å². The van der Waals surface area contributed by atoms with Crippen molar-refractivity contribution in [1.82, 2.24) is 4.90 Å². The van der Waals surface area contributed by atoms with Crippen LogP contribution in [0, 0.1) is 0 Å². The normalized spacial score (nSPS) is 21.7. The predicted molar refractivity (Wildman–Crippen MR) is 69.1 cm³/mol. The number of rotatable bonds is 2. The van der Waals surface area contributed by atoms with Gasteiger partial charge >= 0.3 is 6.18 Å². The Morgan fingerprint density at radius 3 is 2.67 bits per heavy atom. The molecular formula is C11H16ClF3N2S. The zero-order chi connectivity index (χ0) is 12.5. The monoisotopic (exact) mass is 300 g/mol. The van der Waals surface area contributed by atoms with Crippen LogP contribution >= 0.6 is 23.7 Å². The van der Waals surface area contributed by atoms with Gasteiger partial charge in [0, 0.05) is 24.0 Å². The Morgan fingerprint density at radius 2 is 2.11 bits per heavy atom. The summed E-state index contributed by atoms with van der Waals surface area (Å²) in [6.45, 7) is 2.28. The minimum absolute atomic E-state index is 0. The van der Waals surface area contributed by atoms with Gasteiger partial charge in [-0.1, -0.05) is 0 Å². The molecule has 1 aliphatic heterocycles. The number of alkyl halides is 3. The number of thiophene rings is 1. The van der Waals surface area contributed by atoms with E-state index < -0.39 is 11.1 Å². The average molecular weight is 301 g/mol. The molecule has 18 heavy (non-hydrogen) atoms. The number of hydrogen-bond donors (Lipinski definition) is 1. The number of halogens is 4. The van der Waals surface area contributed by atoms with Crippen LogP contribution in [-0.2, 0) is 12.7 Å². The lowest BCUT2D eigenvalue weighted by Crippen LogP contribution is -2.42. The van der Waals surface area contributed by atoms with Gasteiger partial charge in [-0.25, -0.2) is 0 Å². The first kappa shape index (κ1) is 15.8. The number of nitrogens with zero attached hydrogens (tertiary/aromatic N) is 1. The van der Waals surface area contributed by atoms with Crippen molar-refractivity contribution in [2.45, 2.75) is 31.6 Å². The van der Waals surface area contributed by atoms with Crippen LogP contribution in [0.1, 0.15) is 22.6 Å². The van der Waals surface area contributed by atoms with Crippen LogP contribution in [0.3, 0.4) is 0 Å². The number of piperidine rings is 1. The van der Waals surface area contributed by atoms with Gasteiger partial charge in [-0.3, -0.25) is 4.90 Å². The van der Waals surface area contributed by atoms with Crippen molar-refractivity contribution in [1.29, 1.82) is 0 Å². The Bertz CT molecular complexity index is 381.